The molecular weight excluding hydrogens is 260 g/mol. The first kappa shape index (κ1) is 16.2. The highest BCUT2D eigenvalue weighted by atomic mass is 16.3. The van der Waals surface area contributed by atoms with Crippen LogP contribution in [0.5, 0.6) is 0 Å². The molecule has 5 N–H and O–H groups in total. The summed E-state index contributed by atoms with van der Waals surface area (Å²) in [6.07, 6.45) is 1.02. The molecule has 0 aromatic carbocycles. The van der Waals surface area contributed by atoms with Gasteiger partial charge in [-0.15, -0.1) is 0 Å². The third kappa shape index (κ3) is 2.62. The van der Waals surface area contributed by atoms with Gasteiger partial charge in [0.25, 0.3) is 0 Å². The van der Waals surface area contributed by atoms with Gasteiger partial charge in [-0.3, -0.25) is 0 Å². The molecule has 2 rings (SSSR count). The summed E-state index contributed by atoms with van der Waals surface area (Å²) in [5.74, 6) is -0.874. The zero-order chi connectivity index (χ0) is 15.3. The lowest BCUT2D eigenvalue weighted by atomic mass is 9.74. The minimum absolute atomic E-state index is 0.203. The summed E-state index contributed by atoms with van der Waals surface area (Å²) in [5.41, 5.74) is -3.35. The standard InChI is InChI=1S/C15H28O5/c1-13(18)5-4-9(15(3,20)8-16)6-10-12(13)11(17)7-14(10,2)19/h9-12,16-20H,4-8H2,1-3H3. The van der Waals surface area contributed by atoms with Crippen LogP contribution in [-0.4, -0.2) is 55.0 Å². The highest BCUT2D eigenvalue weighted by Crippen LogP contribution is 2.53. The number of hydrogen-bond donors (Lipinski definition) is 5. The second-order valence-corrected chi connectivity index (χ2v) is 7.60. The molecule has 7 unspecified atom stereocenters. The molecule has 0 heterocycles. The van der Waals surface area contributed by atoms with Gasteiger partial charge >= 0.3 is 0 Å². The summed E-state index contributed by atoms with van der Waals surface area (Å²) < 4.78 is 0. The van der Waals surface area contributed by atoms with E-state index in [9.17, 15) is 25.5 Å². The lowest BCUT2D eigenvalue weighted by molar-refractivity contribution is -0.0801. The molecule has 2 saturated carbocycles. The number of aliphatic hydroxyl groups is 5. The monoisotopic (exact) mass is 288 g/mol. The Kier molecular flexibility index (Phi) is 3.98. The van der Waals surface area contributed by atoms with E-state index in [1.165, 1.54) is 0 Å². The van der Waals surface area contributed by atoms with Gasteiger partial charge < -0.3 is 25.5 Å². The molecule has 0 aromatic heterocycles. The molecule has 0 bridgehead atoms. The molecule has 0 spiro atoms. The van der Waals surface area contributed by atoms with Crippen LogP contribution in [0.25, 0.3) is 0 Å². The van der Waals surface area contributed by atoms with Crippen LogP contribution in [0.2, 0.25) is 0 Å². The van der Waals surface area contributed by atoms with Crippen molar-refractivity contribution in [2.45, 2.75) is 69.4 Å². The van der Waals surface area contributed by atoms with Gasteiger partial charge in [-0.1, -0.05) is 0 Å². The molecular formula is C15H28O5. The van der Waals surface area contributed by atoms with Gasteiger partial charge in [0.15, 0.2) is 0 Å². The van der Waals surface area contributed by atoms with Crippen molar-refractivity contribution in [3.8, 4) is 0 Å². The number of aliphatic hydroxyl groups excluding tert-OH is 2. The largest absolute Gasteiger partial charge is 0.393 e. The van der Waals surface area contributed by atoms with E-state index in [4.69, 9.17) is 0 Å². The first-order chi connectivity index (χ1) is 9.01. The first-order valence-electron chi connectivity index (χ1n) is 7.47. The van der Waals surface area contributed by atoms with E-state index in [0.717, 1.165) is 0 Å². The Labute approximate surface area is 120 Å². The van der Waals surface area contributed by atoms with Gasteiger partial charge in [0, 0.05) is 12.3 Å². The van der Waals surface area contributed by atoms with Gasteiger partial charge in [-0.25, -0.2) is 0 Å². The third-order valence-electron chi connectivity index (χ3n) is 5.72. The van der Waals surface area contributed by atoms with Gasteiger partial charge in [-0.2, -0.15) is 0 Å². The van der Waals surface area contributed by atoms with Crippen LogP contribution < -0.4 is 0 Å². The van der Waals surface area contributed by atoms with Gasteiger partial charge in [0.1, 0.15) is 0 Å². The second-order valence-electron chi connectivity index (χ2n) is 7.60. The predicted molar refractivity (Wildman–Crippen MR) is 73.9 cm³/mol. The minimum atomic E-state index is -1.23. The predicted octanol–water partition coefficient (Wildman–Crippen LogP) is 0.0288. The van der Waals surface area contributed by atoms with Crippen molar-refractivity contribution < 1.29 is 25.5 Å². The van der Waals surface area contributed by atoms with E-state index in [2.05, 4.69) is 0 Å². The van der Waals surface area contributed by atoms with Crippen LogP contribution in [-0.2, 0) is 0 Å². The maximum atomic E-state index is 10.7. The van der Waals surface area contributed by atoms with E-state index in [-0.39, 0.29) is 24.9 Å². The maximum absolute atomic E-state index is 10.7. The Morgan fingerprint density at radius 2 is 1.80 bits per heavy atom. The van der Waals surface area contributed by atoms with Gasteiger partial charge in [-0.05, 0) is 51.9 Å². The van der Waals surface area contributed by atoms with Crippen molar-refractivity contribution in [2.24, 2.45) is 17.8 Å². The Morgan fingerprint density at radius 3 is 2.35 bits per heavy atom. The fourth-order valence-electron chi connectivity index (χ4n) is 4.36. The third-order valence-corrected chi connectivity index (χ3v) is 5.72. The molecule has 0 radical (unpaired) electrons. The minimum Gasteiger partial charge on any atom is -0.393 e. The summed E-state index contributed by atoms with van der Waals surface area (Å²) in [6.45, 7) is 4.63. The fraction of sp³-hybridized carbons (Fsp3) is 1.00. The molecule has 0 aliphatic heterocycles. The molecule has 5 heteroatoms. The molecule has 0 amide bonds. The zero-order valence-corrected chi connectivity index (χ0v) is 12.6. The van der Waals surface area contributed by atoms with Crippen molar-refractivity contribution >= 4 is 0 Å². The average Bonchev–Trinajstić information content (AvgIpc) is 2.44. The van der Waals surface area contributed by atoms with Crippen molar-refractivity contribution in [2.75, 3.05) is 6.61 Å². The summed E-state index contributed by atoms with van der Waals surface area (Å²) in [4.78, 5) is 0. The van der Waals surface area contributed by atoms with Gasteiger partial charge in [0.2, 0.25) is 0 Å². The topological polar surface area (TPSA) is 101 Å². The number of rotatable bonds is 2. The van der Waals surface area contributed by atoms with Crippen molar-refractivity contribution in [3.63, 3.8) is 0 Å². The second kappa shape index (κ2) is 4.92. The van der Waals surface area contributed by atoms with E-state index >= 15 is 0 Å². The summed E-state index contributed by atoms with van der Waals surface area (Å²) in [7, 11) is 0. The van der Waals surface area contributed by atoms with Crippen LogP contribution in [0.1, 0.15) is 46.5 Å². The highest BCUT2D eigenvalue weighted by Gasteiger charge is 2.58. The lowest BCUT2D eigenvalue weighted by Gasteiger charge is -2.37. The van der Waals surface area contributed by atoms with Crippen molar-refractivity contribution in [1.82, 2.24) is 0 Å². The molecule has 2 aliphatic rings. The molecule has 2 fully saturated rings. The fourth-order valence-corrected chi connectivity index (χ4v) is 4.36. The lowest BCUT2D eigenvalue weighted by Crippen LogP contribution is -2.44. The van der Waals surface area contributed by atoms with Crippen molar-refractivity contribution in [1.29, 1.82) is 0 Å². The van der Waals surface area contributed by atoms with Crippen LogP contribution in [0, 0.1) is 17.8 Å². The van der Waals surface area contributed by atoms with E-state index in [1.54, 1.807) is 20.8 Å². The van der Waals surface area contributed by atoms with Crippen molar-refractivity contribution in [3.05, 3.63) is 0 Å². The van der Waals surface area contributed by atoms with E-state index in [0.29, 0.717) is 19.3 Å². The Morgan fingerprint density at radius 1 is 1.20 bits per heavy atom. The van der Waals surface area contributed by atoms with Crippen LogP contribution >= 0.6 is 0 Å². The molecule has 118 valence electrons. The quantitative estimate of drug-likeness (QED) is 0.493. The zero-order valence-electron chi connectivity index (χ0n) is 12.6. The smallest absolute Gasteiger partial charge is 0.0877 e. The molecule has 5 nitrogen and oxygen atoms in total. The average molecular weight is 288 g/mol. The summed E-state index contributed by atoms with van der Waals surface area (Å²) >= 11 is 0. The molecule has 0 saturated heterocycles. The maximum Gasteiger partial charge on any atom is 0.0877 e. The molecule has 7 atom stereocenters. The highest BCUT2D eigenvalue weighted by molar-refractivity contribution is 5.08. The first-order valence-corrected chi connectivity index (χ1v) is 7.47. The van der Waals surface area contributed by atoms with Gasteiger partial charge in [0.05, 0.1) is 29.5 Å². The summed E-state index contributed by atoms with van der Waals surface area (Å²) in [5, 5.41) is 51.2. The number of fused-ring (bicyclic) bond motifs is 1. The molecule has 0 aromatic rings. The SMILES string of the molecule is CC(O)(CO)C1CCC(C)(O)C2C(O)CC(C)(O)C2C1. The van der Waals surface area contributed by atoms with E-state index < -0.39 is 28.8 Å². The Bertz CT molecular complexity index is 363. The number of hydrogen-bond acceptors (Lipinski definition) is 5. The van der Waals surface area contributed by atoms with Crippen LogP contribution in [0.15, 0.2) is 0 Å². The Hall–Kier alpha value is -0.200. The normalized spacial score (nSPS) is 52.2. The summed E-state index contributed by atoms with van der Waals surface area (Å²) in [6, 6.07) is 0. The Balaban J connectivity index is 2.34. The van der Waals surface area contributed by atoms with E-state index in [1.807, 2.05) is 0 Å². The van der Waals surface area contributed by atoms with Crippen LogP contribution in [0.3, 0.4) is 0 Å². The molecule has 2 aliphatic carbocycles. The van der Waals surface area contributed by atoms with Crippen LogP contribution in [0.4, 0.5) is 0 Å². The molecule has 20 heavy (non-hydrogen) atoms.